The molecule has 1 aromatic carbocycles. The summed E-state index contributed by atoms with van der Waals surface area (Å²) in [4.78, 5) is 39.6. The van der Waals surface area contributed by atoms with Gasteiger partial charge in [0, 0.05) is 17.5 Å². The summed E-state index contributed by atoms with van der Waals surface area (Å²) in [6, 6.07) is 9.46. The minimum Gasteiger partial charge on any atom is -0.462 e. The average Bonchev–Trinajstić information content (AvgIpc) is 3.10. The summed E-state index contributed by atoms with van der Waals surface area (Å²) < 4.78 is 10.3. The number of esters is 1. The Morgan fingerprint density at radius 3 is 2.57 bits per heavy atom. The molecule has 30 heavy (non-hydrogen) atoms. The molecule has 0 fully saturated rings. The number of nitrogens with zero attached hydrogens (tertiary/aromatic N) is 1. The van der Waals surface area contributed by atoms with Gasteiger partial charge < -0.3 is 19.7 Å². The maximum atomic E-state index is 12.6. The molecule has 0 spiro atoms. The number of benzene rings is 1. The van der Waals surface area contributed by atoms with Crippen LogP contribution in [0.25, 0.3) is 6.08 Å². The van der Waals surface area contributed by atoms with Gasteiger partial charge in [-0.15, -0.1) is 11.3 Å². The highest BCUT2D eigenvalue weighted by molar-refractivity contribution is 7.17. The number of rotatable bonds is 6. The Morgan fingerprint density at radius 1 is 1.13 bits per heavy atom. The normalized spacial score (nSPS) is 13.1. The van der Waals surface area contributed by atoms with Gasteiger partial charge in [-0.05, 0) is 37.5 Å². The Kier molecular flexibility index (Phi) is 7.24. The number of nitrogens with one attached hydrogen (secondary N) is 1. The number of amides is 2. The van der Waals surface area contributed by atoms with Crippen molar-refractivity contribution in [3.05, 3.63) is 58.0 Å². The van der Waals surface area contributed by atoms with E-state index in [0.717, 1.165) is 16.0 Å². The molecule has 2 aromatic rings. The summed E-state index contributed by atoms with van der Waals surface area (Å²) in [5, 5.41) is 3.24. The van der Waals surface area contributed by atoms with Crippen molar-refractivity contribution in [3.63, 3.8) is 0 Å². The van der Waals surface area contributed by atoms with Gasteiger partial charge >= 0.3 is 12.1 Å². The SMILES string of the molecule is CCOC(=O)c1c(NC(=O)C=Cc2ccccc2)sc2c1CCN(C(=O)OCC)C2. The Labute approximate surface area is 179 Å². The van der Waals surface area contributed by atoms with Crippen molar-refractivity contribution >= 4 is 40.4 Å². The van der Waals surface area contributed by atoms with Crippen LogP contribution in [-0.4, -0.2) is 42.6 Å². The number of hydrogen-bond acceptors (Lipinski definition) is 6. The van der Waals surface area contributed by atoms with E-state index in [4.69, 9.17) is 9.47 Å². The first-order valence-corrected chi connectivity index (χ1v) is 10.6. The number of fused-ring (bicyclic) bond motifs is 1. The molecule has 1 aliphatic heterocycles. The molecule has 1 N–H and O–H groups in total. The Balaban J connectivity index is 1.83. The summed E-state index contributed by atoms with van der Waals surface area (Å²) in [7, 11) is 0. The maximum Gasteiger partial charge on any atom is 0.410 e. The number of carbonyl (C=O) groups excluding carboxylic acids is 3. The van der Waals surface area contributed by atoms with E-state index in [1.54, 1.807) is 24.8 Å². The fourth-order valence-electron chi connectivity index (χ4n) is 3.17. The van der Waals surface area contributed by atoms with Crippen LogP contribution in [0.15, 0.2) is 36.4 Å². The molecule has 0 unspecified atom stereocenters. The van der Waals surface area contributed by atoms with Gasteiger partial charge in [0.2, 0.25) is 5.91 Å². The van der Waals surface area contributed by atoms with Crippen LogP contribution in [0.4, 0.5) is 9.80 Å². The molecule has 0 bridgehead atoms. The molecule has 158 valence electrons. The highest BCUT2D eigenvalue weighted by Crippen LogP contribution is 2.37. The van der Waals surface area contributed by atoms with Gasteiger partial charge in [-0.25, -0.2) is 9.59 Å². The summed E-state index contributed by atoms with van der Waals surface area (Å²) in [6.07, 6.45) is 3.24. The van der Waals surface area contributed by atoms with Crippen LogP contribution in [0.3, 0.4) is 0 Å². The van der Waals surface area contributed by atoms with Crippen LogP contribution in [0, 0.1) is 0 Å². The number of hydrogen-bond donors (Lipinski definition) is 1. The van der Waals surface area contributed by atoms with Crippen molar-refractivity contribution in [1.29, 1.82) is 0 Å². The van der Waals surface area contributed by atoms with Gasteiger partial charge in [0.25, 0.3) is 0 Å². The molecular weight excluding hydrogens is 404 g/mol. The third-order valence-electron chi connectivity index (χ3n) is 4.53. The van der Waals surface area contributed by atoms with Crippen molar-refractivity contribution < 1.29 is 23.9 Å². The van der Waals surface area contributed by atoms with Crippen LogP contribution >= 0.6 is 11.3 Å². The molecule has 0 saturated heterocycles. The lowest BCUT2D eigenvalue weighted by molar-refractivity contribution is -0.111. The zero-order chi connectivity index (χ0) is 21.5. The molecule has 1 aliphatic rings. The molecule has 0 radical (unpaired) electrons. The second kappa shape index (κ2) is 10.1. The largest absolute Gasteiger partial charge is 0.462 e. The number of ether oxygens (including phenoxy) is 2. The van der Waals surface area contributed by atoms with Gasteiger partial charge in [0.1, 0.15) is 5.00 Å². The summed E-state index contributed by atoms with van der Waals surface area (Å²) in [5.41, 5.74) is 2.09. The van der Waals surface area contributed by atoms with Crippen molar-refractivity contribution in [2.75, 3.05) is 25.1 Å². The molecule has 2 heterocycles. The predicted molar refractivity (Wildman–Crippen MR) is 116 cm³/mol. The van der Waals surface area contributed by atoms with Crippen molar-refractivity contribution in [1.82, 2.24) is 4.90 Å². The molecule has 0 aliphatic carbocycles. The first kappa shape index (κ1) is 21.6. The van der Waals surface area contributed by atoms with E-state index in [-0.39, 0.29) is 18.6 Å². The van der Waals surface area contributed by atoms with Crippen LogP contribution in [0.1, 0.15) is 40.2 Å². The molecule has 8 heteroatoms. The van der Waals surface area contributed by atoms with Crippen LogP contribution in [-0.2, 0) is 27.2 Å². The topological polar surface area (TPSA) is 84.9 Å². The number of thiophene rings is 1. The second-order valence-electron chi connectivity index (χ2n) is 6.53. The fraction of sp³-hybridized carbons (Fsp3) is 0.318. The Bertz CT molecular complexity index is 952. The van der Waals surface area contributed by atoms with E-state index in [0.29, 0.717) is 36.7 Å². The molecule has 1 aromatic heterocycles. The summed E-state index contributed by atoms with van der Waals surface area (Å²) in [5.74, 6) is -0.813. The first-order valence-electron chi connectivity index (χ1n) is 9.80. The first-order chi connectivity index (χ1) is 14.5. The monoisotopic (exact) mass is 428 g/mol. The number of anilines is 1. The lowest BCUT2D eigenvalue weighted by Crippen LogP contribution is -2.36. The van der Waals surface area contributed by atoms with Crippen LogP contribution in [0.2, 0.25) is 0 Å². The van der Waals surface area contributed by atoms with E-state index >= 15 is 0 Å². The zero-order valence-corrected chi connectivity index (χ0v) is 17.8. The molecular formula is C22H24N2O5S. The molecule has 7 nitrogen and oxygen atoms in total. The Morgan fingerprint density at radius 2 is 1.87 bits per heavy atom. The average molecular weight is 429 g/mol. The lowest BCUT2D eigenvalue weighted by atomic mass is 10.0. The van der Waals surface area contributed by atoms with Gasteiger partial charge in [-0.3, -0.25) is 4.79 Å². The minimum atomic E-state index is -0.470. The Hall–Kier alpha value is -3.13. The second-order valence-corrected chi connectivity index (χ2v) is 7.64. The van der Waals surface area contributed by atoms with E-state index in [1.807, 2.05) is 30.3 Å². The molecule has 2 amide bonds. The van der Waals surface area contributed by atoms with Gasteiger partial charge in [0.05, 0.1) is 25.3 Å². The predicted octanol–water partition coefficient (Wildman–Crippen LogP) is 4.09. The van der Waals surface area contributed by atoms with Crippen LogP contribution in [0.5, 0.6) is 0 Å². The highest BCUT2D eigenvalue weighted by atomic mass is 32.1. The van der Waals surface area contributed by atoms with Gasteiger partial charge in [-0.1, -0.05) is 30.3 Å². The third kappa shape index (κ3) is 5.07. The standard InChI is InChI=1S/C22H24N2O5S/c1-3-28-21(26)19-16-12-13-24(22(27)29-4-2)14-17(16)30-20(19)23-18(25)11-10-15-8-6-5-7-9-15/h5-11H,3-4,12-14H2,1-2H3,(H,23,25). The molecule has 0 atom stereocenters. The minimum absolute atomic E-state index is 0.236. The highest BCUT2D eigenvalue weighted by Gasteiger charge is 2.31. The van der Waals surface area contributed by atoms with Crippen LogP contribution < -0.4 is 5.32 Å². The smallest absolute Gasteiger partial charge is 0.410 e. The third-order valence-corrected chi connectivity index (χ3v) is 5.66. The summed E-state index contributed by atoms with van der Waals surface area (Å²) in [6.45, 7) is 4.81. The zero-order valence-electron chi connectivity index (χ0n) is 17.0. The van der Waals surface area contributed by atoms with E-state index in [1.165, 1.54) is 17.4 Å². The van der Waals surface area contributed by atoms with E-state index < -0.39 is 5.97 Å². The van der Waals surface area contributed by atoms with Crippen molar-refractivity contribution in [3.8, 4) is 0 Å². The maximum absolute atomic E-state index is 12.6. The van der Waals surface area contributed by atoms with E-state index in [9.17, 15) is 14.4 Å². The molecule has 0 saturated carbocycles. The fourth-order valence-corrected chi connectivity index (χ4v) is 4.43. The summed E-state index contributed by atoms with van der Waals surface area (Å²) >= 11 is 1.29. The quantitative estimate of drug-likeness (QED) is 0.553. The van der Waals surface area contributed by atoms with Gasteiger partial charge in [0.15, 0.2) is 0 Å². The molecule has 3 rings (SSSR count). The van der Waals surface area contributed by atoms with Crippen molar-refractivity contribution in [2.24, 2.45) is 0 Å². The van der Waals surface area contributed by atoms with E-state index in [2.05, 4.69) is 5.32 Å². The number of carbonyl (C=O) groups is 3. The van der Waals surface area contributed by atoms with Crippen molar-refractivity contribution in [2.45, 2.75) is 26.8 Å². The van der Waals surface area contributed by atoms with Gasteiger partial charge in [-0.2, -0.15) is 0 Å². The lowest BCUT2D eigenvalue weighted by Gasteiger charge is -2.26.